The van der Waals surface area contributed by atoms with Gasteiger partial charge in [-0.2, -0.15) is 0 Å². The number of nitrogens with zero attached hydrogens (tertiary/aromatic N) is 3. The molecule has 0 aromatic carbocycles. The summed E-state index contributed by atoms with van der Waals surface area (Å²) in [7, 11) is 0. The van der Waals surface area contributed by atoms with Crippen LogP contribution < -0.4 is 0 Å². The predicted molar refractivity (Wildman–Crippen MR) is 68.6 cm³/mol. The minimum Gasteiger partial charge on any atom is -0.0872 e. The molecule has 0 spiro atoms. The molecule has 7 aliphatic carbocycles. The van der Waals surface area contributed by atoms with E-state index < -0.39 is 0 Å². The van der Waals surface area contributed by atoms with Gasteiger partial charge in [-0.05, 0) is 85.0 Å². The molecule has 3 nitrogen and oxygen atoms in total. The van der Waals surface area contributed by atoms with Crippen molar-refractivity contribution in [3.63, 3.8) is 0 Å². The summed E-state index contributed by atoms with van der Waals surface area (Å²) in [5.41, 5.74) is 9.49. The van der Waals surface area contributed by atoms with Crippen molar-refractivity contribution in [3.05, 3.63) is 10.4 Å². The van der Waals surface area contributed by atoms with Gasteiger partial charge in [0.1, 0.15) is 0 Å². The van der Waals surface area contributed by atoms with Crippen molar-refractivity contribution >= 4 is 0 Å². The molecule has 4 unspecified atom stereocenters. The Kier molecular flexibility index (Phi) is 1.55. The predicted octanol–water partition coefficient (Wildman–Crippen LogP) is 4.15. The Balaban J connectivity index is 1.69. The van der Waals surface area contributed by atoms with E-state index in [9.17, 15) is 0 Å². The first kappa shape index (κ1) is 10.1. The first-order valence-electron chi connectivity index (χ1n) is 7.71. The van der Waals surface area contributed by atoms with Gasteiger partial charge < -0.3 is 0 Å². The van der Waals surface area contributed by atoms with Crippen molar-refractivity contribution in [2.45, 2.75) is 51.0 Å². The molecule has 0 aromatic heterocycles. The summed E-state index contributed by atoms with van der Waals surface area (Å²) < 4.78 is 0. The van der Waals surface area contributed by atoms with Crippen LogP contribution >= 0.6 is 0 Å². The highest BCUT2D eigenvalue weighted by Crippen LogP contribution is 2.77. The first-order valence-corrected chi connectivity index (χ1v) is 7.71. The minimum absolute atomic E-state index is 0.0203. The van der Waals surface area contributed by atoms with Gasteiger partial charge in [0.25, 0.3) is 0 Å². The maximum atomic E-state index is 8.95. The fraction of sp³-hybridized carbons (Fsp3) is 1.00. The standard InChI is InChI=1S/C15H21N3/c1-14-7-15(17-18-16)5-10-9-2-8(3-12(10)14)4-13(14)11(9)6-15/h8-13H,2-7H2,1H3. The molecule has 7 saturated carbocycles. The Morgan fingerprint density at radius 3 is 2.33 bits per heavy atom. The lowest BCUT2D eigenvalue weighted by Crippen LogP contribution is -2.70. The zero-order valence-corrected chi connectivity index (χ0v) is 11.0. The summed E-state index contributed by atoms with van der Waals surface area (Å²) in [6.45, 7) is 2.54. The normalized spacial score (nSPS) is 66.3. The van der Waals surface area contributed by atoms with E-state index in [1.54, 1.807) is 0 Å². The third-order valence-electron chi connectivity index (χ3n) is 7.81. The maximum absolute atomic E-state index is 8.95. The van der Waals surface area contributed by atoms with E-state index in [1.165, 1.54) is 38.5 Å². The topological polar surface area (TPSA) is 48.8 Å². The van der Waals surface area contributed by atoms with Crippen LogP contribution in [0.25, 0.3) is 10.4 Å². The van der Waals surface area contributed by atoms with Crippen molar-refractivity contribution in [1.82, 2.24) is 0 Å². The molecule has 7 fully saturated rings. The average molecular weight is 243 g/mol. The highest BCUT2D eigenvalue weighted by atomic mass is 15.2. The van der Waals surface area contributed by atoms with E-state index in [2.05, 4.69) is 16.9 Å². The van der Waals surface area contributed by atoms with E-state index in [0.717, 1.165) is 35.5 Å². The van der Waals surface area contributed by atoms with Crippen molar-refractivity contribution in [2.75, 3.05) is 0 Å². The summed E-state index contributed by atoms with van der Waals surface area (Å²) in [5.74, 6) is 5.80. The van der Waals surface area contributed by atoms with Crippen LogP contribution in [-0.2, 0) is 0 Å². The summed E-state index contributed by atoms with van der Waals surface area (Å²) in [5, 5.41) is 4.32. The number of azide groups is 1. The van der Waals surface area contributed by atoms with Crippen molar-refractivity contribution in [2.24, 2.45) is 46.0 Å². The van der Waals surface area contributed by atoms with E-state index in [-0.39, 0.29) is 5.54 Å². The first-order chi connectivity index (χ1) is 8.65. The summed E-state index contributed by atoms with van der Waals surface area (Å²) in [4.78, 5) is 3.21. The molecule has 0 aromatic rings. The second-order valence-electron chi connectivity index (χ2n) is 8.28. The van der Waals surface area contributed by atoms with Gasteiger partial charge in [0.05, 0.1) is 0 Å². The van der Waals surface area contributed by atoms with Crippen LogP contribution in [0.1, 0.15) is 45.4 Å². The lowest BCUT2D eigenvalue weighted by Gasteiger charge is -2.75. The van der Waals surface area contributed by atoms with Crippen LogP contribution in [0.15, 0.2) is 5.11 Å². The van der Waals surface area contributed by atoms with Gasteiger partial charge in [0.15, 0.2) is 0 Å². The van der Waals surface area contributed by atoms with Gasteiger partial charge in [0.2, 0.25) is 0 Å². The molecule has 7 rings (SSSR count). The molecule has 0 radical (unpaired) electrons. The van der Waals surface area contributed by atoms with Crippen LogP contribution in [0, 0.1) is 40.9 Å². The molecular weight excluding hydrogens is 222 g/mol. The second kappa shape index (κ2) is 2.75. The third-order valence-corrected chi connectivity index (χ3v) is 7.81. The van der Waals surface area contributed by atoms with Gasteiger partial charge in [-0.25, -0.2) is 0 Å². The fourth-order valence-electron chi connectivity index (χ4n) is 7.67. The molecule has 0 heterocycles. The van der Waals surface area contributed by atoms with Crippen molar-refractivity contribution < 1.29 is 0 Å². The van der Waals surface area contributed by atoms with E-state index in [1.807, 2.05) is 0 Å². The van der Waals surface area contributed by atoms with Crippen molar-refractivity contribution in [1.29, 1.82) is 0 Å². The Bertz CT molecular complexity index is 454. The van der Waals surface area contributed by atoms with Crippen LogP contribution in [0.2, 0.25) is 0 Å². The average Bonchev–Trinajstić information content (AvgIpc) is 2.34. The smallest absolute Gasteiger partial charge is 0.0499 e. The molecule has 4 atom stereocenters. The third kappa shape index (κ3) is 0.891. The van der Waals surface area contributed by atoms with Gasteiger partial charge in [-0.3, -0.25) is 0 Å². The lowest BCUT2D eigenvalue weighted by molar-refractivity contribution is -0.253. The van der Waals surface area contributed by atoms with Gasteiger partial charge in [-0.1, -0.05) is 12.0 Å². The number of rotatable bonds is 1. The number of hydrogen-bond acceptors (Lipinski definition) is 1. The van der Waals surface area contributed by atoms with E-state index in [0.29, 0.717) is 5.41 Å². The Labute approximate surface area is 108 Å². The molecule has 0 saturated heterocycles. The lowest BCUT2D eigenvalue weighted by atomic mass is 9.30. The van der Waals surface area contributed by atoms with Gasteiger partial charge >= 0.3 is 0 Å². The maximum Gasteiger partial charge on any atom is 0.0499 e. The molecule has 8 bridgehead atoms. The molecule has 0 aliphatic heterocycles. The van der Waals surface area contributed by atoms with Crippen molar-refractivity contribution in [3.8, 4) is 0 Å². The minimum atomic E-state index is 0.0203. The zero-order valence-electron chi connectivity index (χ0n) is 11.0. The molecule has 7 aliphatic rings. The Hall–Kier alpha value is -0.690. The zero-order chi connectivity index (χ0) is 12.1. The fourth-order valence-corrected chi connectivity index (χ4v) is 7.67. The molecule has 96 valence electrons. The molecular formula is C15H21N3. The highest BCUT2D eigenvalue weighted by Gasteiger charge is 2.71. The van der Waals surface area contributed by atoms with E-state index >= 15 is 0 Å². The van der Waals surface area contributed by atoms with Gasteiger partial charge in [0, 0.05) is 10.5 Å². The monoisotopic (exact) mass is 243 g/mol. The molecule has 0 amide bonds. The summed E-state index contributed by atoms with van der Waals surface area (Å²) >= 11 is 0. The Morgan fingerprint density at radius 1 is 1.06 bits per heavy atom. The molecule has 0 N–H and O–H groups in total. The largest absolute Gasteiger partial charge is 0.0872 e. The summed E-state index contributed by atoms with van der Waals surface area (Å²) in [6, 6.07) is 0. The molecule has 3 heteroatoms. The van der Waals surface area contributed by atoms with Crippen LogP contribution in [0.3, 0.4) is 0 Å². The second-order valence-corrected chi connectivity index (χ2v) is 8.28. The van der Waals surface area contributed by atoms with Crippen LogP contribution in [-0.4, -0.2) is 5.54 Å². The SMILES string of the molecule is CC12CC3(N=[N+]=[N-])CC4C5CC(CC41)CC2C5C3. The van der Waals surface area contributed by atoms with Crippen LogP contribution in [0.5, 0.6) is 0 Å². The number of hydrogen-bond donors (Lipinski definition) is 0. The molecule has 18 heavy (non-hydrogen) atoms. The van der Waals surface area contributed by atoms with Gasteiger partial charge in [-0.15, -0.1) is 0 Å². The Morgan fingerprint density at radius 2 is 1.72 bits per heavy atom. The van der Waals surface area contributed by atoms with E-state index in [4.69, 9.17) is 5.53 Å². The summed E-state index contributed by atoms with van der Waals surface area (Å²) in [6.07, 6.45) is 8.13. The quantitative estimate of drug-likeness (QED) is 0.377. The van der Waals surface area contributed by atoms with Crippen LogP contribution in [0.4, 0.5) is 0 Å². The highest BCUT2D eigenvalue weighted by molar-refractivity contribution is 5.22.